The molecule has 1 aliphatic rings. The largest absolute Gasteiger partial charge is 0.345 e. The number of anilines is 1. The normalized spacial score (nSPS) is 15.5. The van der Waals surface area contributed by atoms with E-state index in [-0.39, 0.29) is 12.4 Å². The van der Waals surface area contributed by atoms with Crippen molar-refractivity contribution in [3.8, 4) is 0 Å². The van der Waals surface area contributed by atoms with Crippen LogP contribution in [-0.2, 0) is 6.54 Å². The number of fused-ring (bicyclic) bond motifs is 1. The lowest BCUT2D eigenvalue weighted by Gasteiger charge is -2.34. The fourth-order valence-corrected chi connectivity index (χ4v) is 4.08. The molecule has 4 rings (SSSR count). The zero-order valence-electron chi connectivity index (χ0n) is 13.2. The molecule has 0 N–H and O–H groups in total. The molecule has 0 atom stereocenters. The van der Waals surface area contributed by atoms with Crippen molar-refractivity contribution < 1.29 is 0 Å². The summed E-state index contributed by atoms with van der Waals surface area (Å²) in [5.74, 6) is 0. The van der Waals surface area contributed by atoms with Gasteiger partial charge in [-0.25, -0.2) is 4.98 Å². The number of hydrogen-bond acceptors (Lipinski definition) is 4. The van der Waals surface area contributed by atoms with Crippen LogP contribution in [-0.4, -0.2) is 36.1 Å². The molecule has 126 valence electrons. The minimum Gasteiger partial charge on any atom is -0.345 e. The molecule has 0 spiro atoms. The summed E-state index contributed by atoms with van der Waals surface area (Å²) >= 11 is 7.74. The third-order valence-electron chi connectivity index (χ3n) is 4.24. The van der Waals surface area contributed by atoms with Crippen LogP contribution >= 0.6 is 35.3 Å². The summed E-state index contributed by atoms with van der Waals surface area (Å²) < 4.78 is 1.27. The van der Waals surface area contributed by atoms with E-state index in [1.54, 1.807) is 11.3 Å². The summed E-state index contributed by atoms with van der Waals surface area (Å²) in [7, 11) is 0. The summed E-state index contributed by atoms with van der Waals surface area (Å²) in [6.45, 7) is 5.20. The first-order valence-electron chi connectivity index (χ1n) is 7.85. The lowest BCUT2D eigenvalue weighted by atomic mass is 10.2. The van der Waals surface area contributed by atoms with E-state index in [1.807, 2.05) is 12.1 Å². The third kappa shape index (κ3) is 3.83. The van der Waals surface area contributed by atoms with Gasteiger partial charge < -0.3 is 4.90 Å². The Morgan fingerprint density at radius 3 is 2.38 bits per heavy atom. The molecule has 0 unspecified atom stereocenters. The van der Waals surface area contributed by atoms with Crippen molar-refractivity contribution in [3.05, 3.63) is 59.1 Å². The maximum atomic E-state index is 5.95. The topological polar surface area (TPSA) is 19.4 Å². The summed E-state index contributed by atoms with van der Waals surface area (Å²) in [6.07, 6.45) is 0. The molecule has 0 radical (unpaired) electrons. The van der Waals surface area contributed by atoms with Crippen LogP contribution in [0, 0.1) is 0 Å². The number of thiazole rings is 1. The Morgan fingerprint density at radius 2 is 1.67 bits per heavy atom. The van der Waals surface area contributed by atoms with Crippen molar-refractivity contribution in [2.75, 3.05) is 31.1 Å². The second kappa shape index (κ2) is 7.70. The number of nitrogens with zero attached hydrogens (tertiary/aromatic N) is 3. The van der Waals surface area contributed by atoms with E-state index in [0.717, 1.165) is 48.4 Å². The third-order valence-corrected chi connectivity index (χ3v) is 5.59. The Labute approximate surface area is 157 Å². The SMILES string of the molecule is Cl.Clc1ccc(CN2CCN(c3nc4ccccc4s3)CC2)cc1. The minimum atomic E-state index is 0. The summed E-state index contributed by atoms with van der Waals surface area (Å²) in [5.41, 5.74) is 2.43. The molecule has 0 bridgehead atoms. The van der Waals surface area contributed by atoms with Crippen LogP contribution in [0.5, 0.6) is 0 Å². The Bertz CT molecular complexity index is 762. The van der Waals surface area contributed by atoms with Gasteiger partial charge in [0.1, 0.15) is 0 Å². The number of para-hydroxylation sites is 1. The van der Waals surface area contributed by atoms with Crippen molar-refractivity contribution in [3.63, 3.8) is 0 Å². The molecule has 1 aliphatic heterocycles. The van der Waals surface area contributed by atoms with Crippen LogP contribution in [0.2, 0.25) is 5.02 Å². The van der Waals surface area contributed by atoms with Crippen LogP contribution in [0.1, 0.15) is 5.56 Å². The van der Waals surface area contributed by atoms with E-state index in [4.69, 9.17) is 16.6 Å². The van der Waals surface area contributed by atoms with Crippen LogP contribution in [0.4, 0.5) is 5.13 Å². The number of benzene rings is 2. The van der Waals surface area contributed by atoms with E-state index in [1.165, 1.54) is 10.3 Å². The summed E-state index contributed by atoms with van der Waals surface area (Å²) in [5, 5.41) is 1.95. The molecule has 2 heterocycles. The van der Waals surface area contributed by atoms with E-state index >= 15 is 0 Å². The van der Waals surface area contributed by atoms with Gasteiger partial charge in [0, 0.05) is 37.7 Å². The molecular formula is C18H19Cl2N3S. The highest BCUT2D eigenvalue weighted by molar-refractivity contribution is 7.22. The van der Waals surface area contributed by atoms with Crippen molar-refractivity contribution >= 4 is 50.7 Å². The molecule has 2 aromatic carbocycles. The number of piperazine rings is 1. The Morgan fingerprint density at radius 1 is 0.958 bits per heavy atom. The van der Waals surface area contributed by atoms with Gasteiger partial charge in [0.05, 0.1) is 10.2 Å². The molecule has 3 nitrogen and oxygen atoms in total. The monoisotopic (exact) mass is 379 g/mol. The highest BCUT2D eigenvalue weighted by Crippen LogP contribution is 2.29. The maximum absolute atomic E-state index is 5.95. The van der Waals surface area contributed by atoms with Crippen LogP contribution in [0.15, 0.2) is 48.5 Å². The van der Waals surface area contributed by atoms with Crippen molar-refractivity contribution in [1.29, 1.82) is 0 Å². The summed E-state index contributed by atoms with van der Waals surface area (Å²) in [6, 6.07) is 16.5. The van der Waals surface area contributed by atoms with Gasteiger partial charge in [-0.2, -0.15) is 0 Å². The van der Waals surface area contributed by atoms with E-state index in [0.29, 0.717) is 0 Å². The van der Waals surface area contributed by atoms with E-state index in [9.17, 15) is 0 Å². The molecular weight excluding hydrogens is 361 g/mol. The van der Waals surface area contributed by atoms with Gasteiger partial charge in [-0.3, -0.25) is 4.90 Å². The molecule has 0 saturated carbocycles. The lowest BCUT2D eigenvalue weighted by molar-refractivity contribution is 0.250. The molecule has 3 aromatic rings. The first kappa shape index (κ1) is 17.5. The van der Waals surface area contributed by atoms with Gasteiger partial charge in [0.25, 0.3) is 0 Å². The smallest absolute Gasteiger partial charge is 0.186 e. The van der Waals surface area contributed by atoms with Crippen molar-refractivity contribution in [1.82, 2.24) is 9.88 Å². The Hall–Kier alpha value is -1.33. The van der Waals surface area contributed by atoms with Crippen molar-refractivity contribution in [2.45, 2.75) is 6.54 Å². The molecule has 6 heteroatoms. The average Bonchev–Trinajstić information content (AvgIpc) is 3.02. The van der Waals surface area contributed by atoms with E-state index < -0.39 is 0 Å². The van der Waals surface area contributed by atoms with Crippen LogP contribution in [0.25, 0.3) is 10.2 Å². The van der Waals surface area contributed by atoms with Crippen LogP contribution < -0.4 is 4.90 Å². The highest BCUT2D eigenvalue weighted by Gasteiger charge is 2.19. The van der Waals surface area contributed by atoms with Gasteiger partial charge in [0.2, 0.25) is 0 Å². The maximum Gasteiger partial charge on any atom is 0.186 e. The predicted octanol–water partition coefficient (Wildman–Crippen LogP) is 4.69. The van der Waals surface area contributed by atoms with Gasteiger partial charge in [-0.05, 0) is 29.8 Å². The minimum absolute atomic E-state index is 0. The second-order valence-corrected chi connectivity index (χ2v) is 7.30. The molecule has 1 aromatic heterocycles. The van der Waals surface area contributed by atoms with Crippen LogP contribution in [0.3, 0.4) is 0 Å². The fraction of sp³-hybridized carbons (Fsp3) is 0.278. The molecule has 1 saturated heterocycles. The number of hydrogen-bond donors (Lipinski definition) is 0. The van der Waals surface area contributed by atoms with E-state index in [2.05, 4.69) is 46.2 Å². The molecule has 24 heavy (non-hydrogen) atoms. The van der Waals surface area contributed by atoms with Gasteiger partial charge in [0.15, 0.2) is 5.13 Å². The van der Waals surface area contributed by atoms with Gasteiger partial charge >= 0.3 is 0 Å². The Balaban J connectivity index is 0.00000169. The average molecular weight is 380 g/mol. The standard InChI is InChI=1S/C18H18ClN3S.ClH/c19-15-7-5-14(6-8-15)13-21-9-11-22(12-10-21)18-20-16-3-1-2-4-17(16)23-18;/h1-8H,9-13H2;1H. The Kier molecular flexibility index (Phi) is 5.61. The predicted molar refractivity (Wildman–Crippen MR) is 106 cm³/mol. The first-order valence-corrected chi connectivity index (χ1v) is 9.05. The number of halogens is 2. The van der Waals surface area contributed by atoms with Crippen molar-refractivity contribution in [2.24, 2.45) is 0 Å². The van der Waals surface area contributed by atoms with Gasteiger partial charge in [-0.1, -0.05) is 47.2 Å². The molecule has 1 fully saturated rings. The van der Waals surface area contributed by atoms with Gasteiger partial charge in [-0.15, -0.1) is 12.4 Å². The highest BCUT2D eigenvalue weighted by atomic mass is 35.5. The lowest BCUT2D eigenvalue weighted by Crippen LogP contribution is -2.45. The number of aromatic nitrogens is 1. The summed E-state index contributed by atoms with van der Waals surface area (Å²) in [4.78, 5) is 9.67. The quantitative estimate of drug-likeness (QED) is 0.657. The molecule has 0 aliphatic carbocycles. The zero-order chi connectivity index (χ0) is 15.6. The first-order chi connectivity index (χ1) is 11.3. The zero-order valence-corrected chi connectivity index (χ0v) is 15.6. The second-order valence-electron chi connectivity index (χ2n) is 5.85. The number of rotatable bonds is 3. The molecule has 0 amide bonds. The fourth-order valence-electron chi connectivity index (χ4n) is 2.94.